The summed E-state index contributed by atoms with van der Waals surface area (Å²) < 4.78 is 5.15. The summed E-state index contributed by atoms with van der Waals surface area (Å²) in [4.78, 5) is 4.43. The number of ether oxygens (including phenoxy) is 1. The number of methoxy groups -OCH3 is 1. The topological polar surface area (TPSA) is 59.9 Å². The Bertz CT molecular complexity index is 740. The molecule has 20 heavy (non-hydrogen) atoms. The van der Waals surface area contributed by atoms with E-state index in [0.717, 1.165) is 17.0 Å². The van der Waals surface area contributed by atoms with Crippen LogP contribution in [0.5, 0.6) is 5.75 Å². The van der Waals surface area contributed by atoms with Crippen molar-refractivity contribution in [2.75, 3.05) is 12.4 Å². The highest BCUT2D eigenvalue weighted by Crippen LogP contribution is 2.19. The van der Waals surface area contributed by atoms with Crippen molar-refractivity contribution in [3.63, 3.8) is 0 Å². The molecule has 0 aliphatic carbocycles. The van der Waals surface area contributed by atoms with Crippen LogP contribution < -0.4 is 10.1 Å². The van der Waals surface area contributed by atoms with Crippen LogP contribution in [-0.2, 0) is 0 Å². The van der Waals surface area contributed by atoms with Gasteiger partial charge in [0.2, 0.25) is 5.95 Å². The number of fused-ring (bicyclic) bond motifs is 1. The average molecular weight is 266 g/mol. The van der Waals surface area contributed by atoms with Crippen LogP contribution >= 0.6 is 0 Å². The third kappa shape index (κ3) is 2.51. The van der Waals surface area contributed by atoms with E-state index in [1.807, 2.05) is 49.4 Å². The molecule has 0 bridgehead atoms. The summed E-state index contributed by atoms with van der Waals surface area (Å²) in [5, 5.41) is 11.4. The van der Waals surface area contributed by atoms with Crippen LogP contribution in [0.1, 0.15) is 5.56 Å². The van der Waals surface area contributed by atoms with Gasteiger partial charge in [0.1, 0.15) is 11.3 Å². The van der Waals surface area contributed by atoms with E-state index in [1.165, 1.54) is 5.56 Å². The van der Waals surface area contributed by atoms with Crippen molar-refractivity contribution < 1.29 is 4.74 Å². The van der Waals surface area contributed by atoms with Crippen LogP contribution in [0.25, 0.3) is 11.0 Å². The summed E-state index contributed by atoms with van der Waals surface area (Å²) in [6, 6.07) is 13.6. The molecule has 0 aliphatic heterocycles. The van der Waals surface area contributed by atoms with Gasteiger partial charge < -0.3 is 10.1 Å². The molecule has 2 aromatic carbocycles. The quantitative estimate of drug-likeness (QED) is 0.789. The predicted octanol–water partition coefficient (Wildman–Crippen LogP) is 3.09. The highest BCUT2D eigenvalue weighted by molar-refractivity contribution is 5.76. The molecule has 0 saturated carbocycles. The summed E-state index contributed by atoms with van der Waals surface area (Å²) in [6.07, 6.45) is 0. The van der Waals surface area contributed by atoms with E-state index in [-0.39, 0.29) is 0 Å². The van der Waals surface area contributed by atoms with Gasteiger partial charge in [-0.1, -0.05) is 17.7 Å². The summed E-state index contributed by atoms with van der Waals surface area (Å²) in [6.45, 7) is 2.05. The maximum absolute atomic E-state index is 5.15. The van der Waals surface area contributed by atoms with E-state index in [1.54, 1.807) is 7.11 Å². The number of rotatable bonds is 3. The standard InChI is InChI=1S/C15H14N4O/c1-10-3-5-11(6-4-10)16-15-17-13-8-7-12(20-2)9-14(13)18-19-15/h3-9H,1-2H3,(H,16,17,19). The molecule has 5 nitrogen and oxygen atoms in total. The molecule has 1 heterocycles. The summed E-state index contributed by atoms with van der Waals surface area (Å²) in [7, 11) is 1.62. The molecular weight excluding hydrogens is 252 g/mol. The molecule has 5 heteroatoms. The van der Waals surface area contributed by atoms with Crippen molar-refractivity contribution in [1.82, 2.24) is 15.2 Å². The van der Waals surface area contributed by atoms with Crippen LogP contribution in [0.3, 0.4) is 0 Å². The second-order valence-corrected chi connectivity index (χ2v) is 4.48. The van der Waals surface area contributed by atoms with Gasteiger partial charge in [0, 0.05) is 11.8 Å². The number of hydrogen-bond donors (Lipinski definition) is 1. The molecular formula is C15H14N4O. The van der Waals surface area contributed by atoms with E-state index < -0.39 is 0 Å². The first-order chi connectivity index (χ1) is 9.74. The van der Waals surface area contributed by atoms with Gasteiger partial charge in [0.15, 0.2) is 0 Å². The van der Waals surface area contributed by atoms with Crippen LogP contribution in [0.15, 0.2) is 42.5 Å². The second kappa shape index (κ2) is 5.13. The predicted molar refractivity (Wildman–Crippen MR) is 78.3 cm³/mol. The molecule has 0 saturated heterocycles. The Morgan fingerprint density at radius 1 is 0.950 bits per heavy atom. The fourth-order valence-corrected chi connectivity index (χ4v) is 1.86. The molecule has 1 aromatic heterocycles. The monoisotopic (exact) mass is 266 g/mol. The lowest BCUT2D eigenvalue weighted by Crippen LogP contribution is -1.99. The molecule has 0 fully saturated rings. The highest BCUT2D eigenvalue weighted by Gasteiger charge is 2.03. The SMILES string of the molecule is COc1ccc2nc(Nc3ccc(C)cc3)nnc2c1. The Morgan fingerprint density at radius 2 is 1.75 bits per heavy atom. The number of anilines is 2. The number of benzene rings is 2. The molecule has 0 amide bonds. The van der Waals surface area contributed by atoms with Gasteiger partial charge in [-0.2, -0.15) is 0 Å². The number of nitrogens with one attached hydrogen (secondary N) is 1. The molecule has 100 valence electrons. The highest BCUT2D eigenvalue weighted by atomic mass is 16.5. The molecule has 3 aromatic rings. The van der Waals surface area contributed by atoms with Crippen molar-refractivity contribution in [3.05, 3.63) is 48.0 Å². The molecule has 1 N–H and O–H groups in total. The van der Waals surface area contributed by atoms with Gasteiger partial charge in [0.25, 0.3) is 0 Å². The fraction of sp³-hybridized carbons (Fsp3) is 0.133. The lowest BCUT2D eigenvalue weighted by Gasteiger charge is -2.06. The normalized spacial score (nSPS) is 10.5. The minimum Gasteiger partial charge on any atom is -0.497 e. The summed E-state index contributed by atoms with van der Waals surface area (Å²) >= 11 is 0. The smallest absolute Gasteiger partial charge is 0.247 e. The van der Waals surface area contributed by atoms with Crippen LogP contribution in [0.2, 0.25) is 0 Å². The molecule has 3 rings (SSSR count). The van der Waals surface area contributed by atoms with Gasteiger partial charge in [-0.3, -0.25) is 0 Å². The molecule has 0 atom stereocenters. The van der Waals surface area contributed by atoms with E-state index in [4.69, 9.17) is 4.74 Å². The summed E-state index contributed by atoms with van der Waals surface area (Å²) in [5.41, 5.74) is 3.62. The first-order valence-electron chi connectivity index (χ1n) is 6.27. The van der Waals surface area contributed by atoms with Crippen LogP contribution in [-0.4, -0.2) is 22.3 Å². The zero-order chi connectivity index (χ0) is 13.9. The Morgan fingerprint density at radius 3 is 2.50 bits per heavy atom. The first-order valence-corrected chi connectivity index (χ1v) is 6.27. The molecule has 0 spiro atoms. The zero-order valence-corrected chi connectivity index (χ0v) is 11.3. The van der Waals surface area contributed by atoms with Gasteiger partial charge >= 0.3 is 0 Å². The Balaban J connectivity index is 1.90. The lowest BCUT2D eigenvalue weighted by molar-refractivity contribution is 0.415. The maximum atomic E-state index is 5.15. The number of aromatic nitrogens is 3. The maximum Gasteiger partial charge on any atom is 0.247 e. The minimum absolute atomic E-state index is 0.478. The van der Waals surface area contributed by atoms with Crippen LogP contribution in [0, 0.1) is 6.92 Å². The third-order valence-electron chi connectivity index (χ3n) is 2.97. The molecule has 0 aliphatic rings. The number of hydrogen-bond acceptors (Lipinski definition) is 5. The number of nitrogens with zero attached hydrogens (tertiary/aromatic N) is 3. The van der Waals surface area contributed by atoms with Gasteiger partial charge in [0.05, 0.1) is 12.6 Å². The third-order valence-corrected chi connectivity index (χ3v) is 2.97. The average Bonchev–Trinajstić information content (AvgIpc) is 2.49. The first kappa shape index (κ1) is 12.3. The molecule has 0 unspecified atom stereocenters. The van der Waals surface area contributed by atoms with Crippen molar-refractivity contribution in [1.29, 1.82) is 0 Å². The van der Waals surface area contributed by atoms with E-state index in [2.05, 4.69) is 20.5 Å². The number of aryl methyl sites for hydroxylation is 1. The Kier molecular flexibility index (Phi) is 3.16. The van der Waals surface area contributed by atoms with E-state index >= 15 is 0 Å². The van der Waals surface area contributed by atoms with E-state index in [0.29, 0.717) is 11.5 Å². The Hall–Kier alpha value is -2.69. The van der Waals surface area contributed by atoms with Crippen molar-refractivity contribution in [2.24, 2.45) is 0 Å². The van der Waals surface area contributed by atoms with Crippen molar-refractivity contribution >= 4 is 22.7 Å². The van der Waals surface area contributed by atoms with Gasteiger partial charge in [-0.15, -0.1) is 10.2 Å². The Labute approximate surface area is 116 Å². The fourth-order valence-electron chi connectivity index (χ4n) is 1.86. The molecule has 0 radical (unpaired) electrons. The second-order valence-electron chi connectivity index (χ2n) is 4.48. The van der Waals surface area contributed by atoms with E-state index in [9.17, 15) is 0 Å². The largest absolute Gasteiger partial charge is 0.497 e. The van der Waals surface area contributed by atoms with Gasteiger partial charge in [-0.25, -0.2) is 4.98 Å². The summed E-state index contributed by atoms with van der Waals surface area (Å²) in [5.74, 6) is 1.22. The lowest BCUT2D eigenvalue weighted by atomic mass is 10.2. The van der Waals surface area contributed by atoms with Gasteiger partial charge in [-0.05, 0) is 31.2 Å². The minimum atomic E-state index is 0.478. The van der Waals surface area contributed by atoms with Crippen molar-refractivity contribution in [3.8, 4) is 5.75 Å². The zero-order valence-electron chi connectivity index (χ0n) is 11.3. The van der Waals surface area contributed by atoms with Crippen molar-refractivity contribution in [2.45, 2.75) is 6.92 Å². The van der Waals surface area contributed by atoms with Crippen LogP contribution in [0.4, 0.5) is 11.6 Å².